The molecule has 0 aliphatic rings. The van der Waals surface area contributed by atoms with Crippen molar-refractivity contribution < 1.29 is 13.2 Å². The molecule has 2 aromatic heterocycles. The van der Waals surface area contributed by atoms with E-state index in [0.717, 1.165) is 14.4 Å². The van der Waals surface area contributed by atoms with E-state index in [0.29, 0.717) is 10.6 Å². The third-order valence-electron chi connectivity index (χ3n) is 2.94. The molecule has 0 saturated heterocycles. The van der Waals surface area contributed by atoms with Crippen LogP contribution >= 0.6 is 11.3 Å². The number of nitrogens with two attached hydrogens (primary N) is 1. The minimum absolute atomic E-state index is 0.0330. The molecular weight excluding hydrogens is 312 g/mol. The molecule has 9 heteroatoms. The van der Waals surface area contributed by atoms with Crippen molar-refractivity contribution in [3.63, 3.8) is 0 Å². The fourth-order valence-corrected chi connectivity index (χ4v) is 3.43. The van der Waals surface area contributed by atoms with Gasteiger partial charge in [-0.3, -0.25) is 9.78 Å². The number of sulfonamides is 1. The molecule has 0 aliphatic carbocycles. The Balaban J connectivity index is 2.08. The first kappa shape index (κ1) is 15.7. The molecule has 21 heavy (non-hydrogen) atoms. The summed E-state index contributed by atoms with van der Waals surface area (Å²) in [4.78, 5) is 16.4. The average molecular weight is 328 g/mol. The van der Waals surface area contributed by atoms with E-state index >= 15 is 0 Å². The van der Waals surface area contributed by atoms with Crippen LogP contribution in [0.3, 0.4) is 0 Å². The van der Waals surface area contributed by atoms with E-state index in [9.17, 15) is 13.2 Å². The van der Waals surface area contributed by atoms with Crippen LogP contribution < -0.4 is 11.1 Å². The second-order valence-electron chi connectivity index (χ2n) is 4.57. The third-order valence-corrected chi connectivity index (χ3v) is 5.93. The van der Waals surface area contributed by atoms with E-state index in [1.165, 1.54) is 25.4 Å². The summed E-state index contributed by atoms with van der Waals surface area (Å²) < 4.78 is 25.1. The first-order valence-corrected chi connectivity index (χ1v) is 8.56. The molecule has 0 bridgehead atoms. The number of nitrogens with one attached hydrogen (secondary N) is 1. The Labute approximate surface area is 126 Å². The highest BCUT2D eigenvalue weighted by molar-refractivity contribution is 7.89. The van der Waals surface area contributed by atoms with Crippen molar-refractivity contribution >= 4 is 43.0 Å². The van der Waals surface area contributed by atoms with E-state index in [1.807, 2.05) is 0 Å². The molecule has 0 unspecified atom stereocenters. The van der Waals surface area contributed by atoms with Gasteiger partial charge in [0.25, 0.3) is 5.91 Å². The minimum Gasteiger partial charge on any atom is -0.397 e. The maximum Gasteiger partial charge on any atom is 0.263 e. The van der Waals surface area contributed by atoms with Crippen LogP contribution in [0.2, 0.25) is 0 Å². The Kier molecular flexibility index (Phi) is 4.45. The molecule has 2 rings (SSSR count). The number of pyridine rings is 1. The molecule has 3 N–H and O–H groups in total. The van der Waals surface area contributed by atoms with Crippen molar-refractivity contribution in [3.8, 4) is 0 Å². The Morgan fingerprint density at radius 1 is 1.48 bits per heavy atom. The lowest BCUT2D eigenvalue weighted by Crippen LogP contribution is -2.33. The van der Waals surface area contributed by atoms with Crippen LogP contribution in [0.4, 0.5) is 5.69 Å². The van der Waals surface area contributed by atoms with E-state index in [1.54, 1.807) is 18.5 Å². The van der Waals surface area contributed by atoms with E-state index < -0.39 is 10.0 Å². The Bertz CT molecular complexity index is 768. The SMILES string of the molecule is CN(C)S(=O)(=O)CCNC(=O)c1sc2cnccc2c1N. The predicted molar refractivity (Wildman–Crippen MR) is 83.8 cm³/mol. The molecule has 2 aromatic rings. The monoisotopic (exact) mass is 328 g/mol. The van der Waals surface area contributed by atoms with Crippen LogP contribution in [0.25, 0.3) is 10.1 Å². The zero-order valence-electron chi connectivity index (χ0n) is 11.7. The van der Waals surface area contributed by atoms with Crippen LogP contribution in [0.5, 0.6) is 0 Å². The van der Waals surface area contributed by atoms with Gasteiger partial charge in [0.1, 0.15) is 4.88 Å². The highest BCUT2D eigenvalue weighted by atomic mass is 32.2. The molecule has 0 radical (unpaired) electrons. The van der Waals surface area contributed by atoms with Gasteiger partial charge in [0.05, 0.1) is 16.1 Å². The summed E-state index contributed by atoms with van der Waals surface area (Å²) in [5.74, 6) is -0.527. The van der Waals surface area contributed by atoms with Gasteiger partial charge < -0.3 is 11.1 Å². The number of anilines is 1. The third kappa shape index (κ3) is 3.31. The van der Waals surface area contributed by atoms with Crippen LogP contribution in [0.15, 0.2) is 18.5 Å². The van der Waals surface area contributed by atoms with Crippen LogP contribution in [0.1, 0.15) is 9.67 Å². The molecular formula is C12H16N4O3S2. The zero-order chi connectivity index (χ0) is 15.6. The second-order valence-corrected chi connectivity index (χ2v) is 7.93. The molecule has 0 spiro atoms. The Morgan fingerprint density at radius 3 is 2.81 bits per heavy atom. The van der Waals surface area contributed by atoms with Crippen molar-refractivity contribution in [3.05, 3.63) is 23.3 Å². The zero-order valence-corrected chi connectivity index (χ0v) is 13.3. The number of hydrogen-bond donors (Lipinski definition) is 2. The molecule has 0 fully saturated rings. The number of fused-ring (bicyclic) bond motifs is 1. The molecule has 0 aromatic carbocycles. The largest absolute Gasteiger partial charge is 0.397 e. The van der Waals surface area contributed by atoms with Gasteiger partial charge in [0.15, 0.2) is 0 Å². The highest BCUT2D eigenvalue weighted by Gasteiger charge is 2.18. The smallest absolute Gasteiger partial charge is 0.263 e. The summed E-state index contributed by atoms with van der Waals surface area (Å²) in [6, 6.07) is 1.74. The van der Waals surface area contributed by atoms with Crippen molar-refractivity contribution in [2.24, 2.45) is 0 Å². The van der Waals surface area contributed by atoms with Crippen LogP contribution in [0, 0.1) is 0 Å². The van der Waals surface area contributed by atoms with Crippen LogP contribution in [-0.4, -0.2) is 50.0 Å². The summed E-state index contributed by atoms with van der Waals surface area (Å²) in [6.45, 7) is 0.0330. The lowest BCUT2D eigenvalue weighted by Gasteiger charge is -2.11. The number of hydrogen-bond acceptors (Lipinski definition) is 6. The topological polar surface area (TPSA) is 105 Å². The molecule has 114 valence electrons. The first-order chi connectivity index (χ1) is 9.83. The maximum absolute atomic E-state index is 12.1. The molecule has 0 atom stereocenters. The van der Waals surface area contributed by atoms with Crippen LogP contribution in [-0.2, 0) is 10.0 Å². The van der Waals surface area contributed by atoms with Gasteiger partial charge in [-0.15, -0.1) is 11.3 Å². The molecule has 2 heterocycles. The van der Waals surface area contributed by atoms with Gasteiger partial charge in [-0.05, 0) is 6.07 Å². The Morgan fingerprint density at radius 2 is 2.19 bits per heavy atom. The molecule has 1 amide bonds. The minimum atomic E-state index is -3.33. The standard InChI is InChI=1S/C12H16N4O3S2/c1-16(2)21(18,19)6-5-15-12(17)11-10(13)8-3-4-14-7-9(8)20-11/h3-4,7H,5-6,13H2,1-2H3,(H,15,17). The summed E-state index contributed by atoms with van der Waals surface area (Å²) in [7, 11) is -0.425. The van der Waals surface area contributed by atoms with Gasteiger partial charge in [-0.2, -0.15) is 0 Å². The molecule has 0 aliphatic heterocycles. The fourth-order valence-electron chi connectivity index (χ4n) is 1.70. The van der Waals surface area contributed by atoms with E-state index in [4.69, 9.17) is 5.73 Å². The van der Waals surface area contributed by atoms with Gasteiger partial charge in [0, 0.05) is 38.4 Å². The molecule has 0 saturated carbocycles. The van der Waals surface area contributed by atoms with E-state index in [-0.39, 0.29) is 18.2 Å². The molecule has 7 nitrogen and oxygen atoms in total. The van der Waals surface area contributed by atoms with E-state index in [2.05, 4.69) is 10.3 Å². The van der Waals surface area contributed by atoms with Gasteiger partial charge >= 0.3 is 0 Å². The number of nitrogen functional groups attached to an aromatic ring is 1. The van der Waals surface area contributed by atoms with Crippen molar-refractivity contribution in [2.75, 3.05) is 32.1 Å². The highest BCUT2D eigenvalue weighted by Crippen LogP contribution is 2.32. The fraction of sp³-hybridized carbons (Fsp3) is 0.333. The number of carbonyl (C=O) groups is 1. The number of carbonyl (C=O) groups excluding carboxylic acids is 1. The first-order valence-electron chi connectivity index (χ1n) is 6.13. The quantitative estimate of drug-likeness (QED) is 0.831. The Hall–Kier alpha value is -1.71. The van der Waals surface area contributed by atoms with Gasteiger partial charge in [-0.25, -0.2) is 12.7 Å². The van der Waals surface area contributed by atoms with Gasteiger partial charge in [-0.1, -0.05) is 0 Å². The lowest BCUT2D eigenvalue weighted by molar-refractivity contribution is 0.0961. The van der Waals surface area contributed by atoms with Gasteiger partial charge in [0.2, 0.25) is 10.0 Å². The number of thiophene rings is 1. The van der Waals surface area contributed by atoms with Crippen molar-refractivity contribution in [1.29, 1.82) is 0 Å². The predicted octanol–water partition coefficient (Wildman–Crippen LogP) is 0.500. The number of aromatic nitrogens is 1. The van der Waals surface area contributed by atoms with Crippen molar-refractivity contribution in [2.45, 2.75) is 0 Å². The summed E-state index contributed by atoms with van der Waals surface area (Å²) in [5, 5.41) is 3.36. The normalized spacial score (nSPS) is 12.0. The summed E-state index contributed by atoms with van der Waals surface area (Å²) >= 11 is 1.24. The number of nitrogens with zero attached hydrogens (tertiary/aromatic N) is 2. The average Bonchev–Trinajstić information content (AvgIpc) is 2.76. The second kappa shape index (κ2) is 5.96. The maximum atomic E-state index is 12.1. The lowest BCUT2D eigenvalue weighted by atomic mass is 10.2. The summed E-state index contributed by atoms with van der Waals surface area (Å²) in [6.07, 6.45) is 3.25. The van der Waals surface area contributed by atoms with Crippen molar-refractivity contribution in [1.82, 2.24) is 14.6 Å². The number of rotatable bonds is 5. The number of amides is 1. The summed E-state index contributed by atoms with van der Waals surface area (Å²) in [5.41, 5.74) is 6.33.